The summed E-state index contributed by atoms with van der Waals surface area (Å²) in [6, 6.07) is 1.46. The van der Waals surface area contributed by atoms with E-state index in [9.17, 15) is 13.2 Å². The fraction of sp³-hybridized carbons (Fsp3) is 0.600. The monoisotopic (exact) mass is 322 g/mol. The third-order valence-corrected chi connectivity index (χ3v) is 3.69. The van der Waals surface area contributed by atoms with Crippen LogP contribution in [0.15, 0.2) is 12.1 Å². The summed E-state index contributed by atoms with van der Waals surface area (Å²) in [5, 5.41) is 3.24. The number of benzene rings is 1. The lowest BCUT2D eigenvalue weighted by Gasteiger charge is -2.36. The lowest BCUT2D eigenvalue weighted by molar-refractivity contribution is 0.150. The fourth-order valence-electron chi connectivity index (χ4n) is 2.71. The lowest BCUT2D eigenvalue weighted by Crippen LogP contribution is -2.45. The van der Waals surface area contributed by atoms with Gasteiger partial charge in [0.1, 0.15) is 5.82 Å². The van der Waals surface area contributed by atoms with E-state index in [0.29, 0.717) is 12.0 Å². The Labute approximate surface area is 130 Å². The van der Waals surface area contributed by atoms with Crippen molar-refractivity contribution in [2.24, 2.45) is 5.92 Å². The van der Waals surface area contributed by atoms with Crippen LogP contribution in [-0.4, -0.2) is 31.1 Å². The molecule has 1 aliphatic rings. The smallest absolute Gasteiger partial charge is 0.161 e. The summed E-state index contributed by atoms with van der Waals surface area (Å²) in [6.45, 7) is 7.34. The second kappa shape index (κ2) is 8.01. The molecule has 1 aliphatic heterocycles. The summed E-state index contributed by atoms with van der Waals surface area (Å²) in [5.74, 6) is -2.42. The van der Waals surface area contributed by atoms with E-state index < -0.39 is 17.5 Å². The van der Waals surface area contributed by atoms with Gasteiger partial charge in [-0.15, -0.1) is 12.4 Å². The first-order valence-corrected chi connectivity index (χ1v) is 7.08. The Morgan fingerprint density at radius 3 is 2.19 bits per heavy atom. The molecule has 1 aromatic rings. The molecule has 0 unspecified atom stereocenters. The molecule has 0 aromatic heterocycles. The van der Waals surface area contributed by atoms with E-state index in [2.05, 4.69) is 10.2 Å². The van der Waals surface area contributed by atoms with Gasteiger partial charge in [-0.1, -0.05) is 13.8 Å². The number of piperazine rings is 1. The first kappa shape index (κ1) is 18.3. The van der Waals surface area contributed by atoms with E-state index in [1.54, 1.807) is 0 Å². The molecule has 0 spiro atoms. The third-order valence-electron chi connectivity index (χ3n) is 3.69. The molecule has 0 amide bonds. The second-order valence-corrected chi connectivity index (χ2v) is 5.72. The molecule has 1 aromatic carbocycles. The van der Waals surface area contributed by atoms with Gasteiger partial charge in [-0.25, -0.2) is 13.2 Å². The highest BCUT2D eigenvalue weighted by atomic mass is 35.5. The minimum atomic E-state index is -1.13. The minimum Gasteiger partial charge on any atom is -0.314 e. The minimum absolute atomic E-state index is 0. The van der Waals surface area contributed by atoms with Crippen molar-refractivity contribution < 1.29 is 13.2 Å². The molecule has 21 heavy (non-hydrogen) atoms. The third kappa shape index (κ3) is 4.59. The van der Waals surface area contributed by atoms with Crippen LogP contribution in [0.5, 0.6) is 0 Å². The van der Waals surface area contributed by atoms with Crippen LogP contribution in [0.4, 0.5) is 13.2 Å². The summed E-state index contributed by atoms with van der Waals surface area (Å²) in [5.41, 5.74) is 0.263. The number of nitrogens with zero attached hydrogens (tertiary/aromatic N) is 1. The Morgan fingerprint density at radius 1 is 1.05 bits per heavy atom. The van der Waals surface area contributed by atoms with Crippen LogP contribution < -0.4 is 5.32 Å². The van der Waals surface area contributed by atoms with Crippen molar-refractivity contribution in [3.63, 3.8) is 0 Å². The maximum atomic E-state index is 14.0. The Bertz CT molecular complexity index is 462. The van der Waals surface area contributed by atoms with E-state index in [0.717, 1.165) is 38.7 Å². The maximum absolute atomic E-state index is 14.0. The van der Waals surface area contributed by atoms with Crippen molar-refractivity contribution in [3.8, 4) is 0 Å². The average molecular weight is 323 g/mol. The van der Waals surface area contributed by atoms with Gasteiger partial charge in [0.15, 0.2) is 11.6 Å². The van der Waals surface area contributed by atoms with E-state index >= 15 is 0 Å². The van der Waals surface area contributed by atoms with Gasteiger partial charge < -0.3 is 5.32 Å². The van der Waals surface area contributed by atoms with Crippen molar-refractivity contribution in [2.45, 2.75) is 26.3 Å². The van der Waals surface area contributed by atoms with Crippen molar-refractivity contribution in [3.05, 3.63) is 35.1 Å². The second-order valence-electron chi connectivity index (χ2n) is 5.72. The van der Waals surface area contributed by atoms with Gasteiger partial charge in [0.2, 0.25) is 0 Å². The van der Waals surface area contributed by atoms with Crippen LogP contribution in [0.1, 0.15) is 31.9 Å². The molecule has 6 heteroatoms. The number of hydrogen-bond donors (Lipinski definition) is 1. The molecule has 120 valence electrons. The summed E-state index contributed by atoms with van der Waals surface area (Å²) in [6.07, 6.45) is 0.724. The van der Waals surface area contributed by atoms with Crippen LogP contribution >= 0.6 is 12.4 Å². The zero-order valence-corrected chi connectivity index (χ0v) is 13.2. The van der Waals surface area contributed by atoms with Gasteiger partial charge in [-0.3, -0.25) is 4.90 Å². The van der Waals surface area contributed by atoms with Crippen LogP contribution in [0.3, 0.4) is 0 Å². The summed E-state index contributed by atoms with van der Waals surface area (Å²) in [7, 11) is 0. The van der Waals surface area contributed by atoms with E-state index in [1.165, 1.54) is 0 Å². The quantitative estimate of drug-likeness (QED) is 0.853. The highest BCUT2D eigenvalue weighted by molar-refractivity contribution is 5.85. The highest BCUT2D eigenvalue weighted by Crippen LogP contribution is 2.31. The molecular weight excluding hydrogens is 301 g/mol. The van der Waals surface area contributed by atoms with Crippen molar-refractivity contribution >= 4 is 12.4 Å². The summed E-state index contributed by atoms with van der Waals surface area (Å²) >= 11 is 0. The Kier molecular flexibility index (Phi) is 6.97. The van der Waals surface area contributed by atoms with Crippen LogP contribution in [-0.2, 0) is 0 Å². The van der Waals surface area contributed by atoms with E-state index in [1.807, 2.05) is 13.8 Å². The Hall–Kier alpha value is -0.780. The number of halogens is 4. The van der Waals surface area contributed by atoms with Gasteiger partial charge >= 0.3 is 0 Å². The van der Waals surface area contributed by atoms with Crippen molar-refractivity contribution in [1.82, 2.24) is 10.2 Å². The predicted octanol–water partition coefficient (Wildman–Crippen LogP) is 3.52. The SMILES string of the molecule is CC(C)C[C@@H](c1cc(F)c(F)cc1F)N1CCNCC1.Cl. The molecule has 1 saturated heterocycles. The molecule has 2 rings (SSSR count). The van der Waals surface area contributed by atoms with Crippen molar-refractivity contribution in [2.75, 3.05) is 26.2 Å². The molecular formula is C15H22ClF3N2. The summed E-state index contributed by atoms with van der Waals surface area (Å²) in [4.78, 5) is 2.15. The molecule has 1 heterocycles. The number of rotatable bonds is 4. The molecule has 1 fully saturated rings. The molecule has 0 aliphatic carbocycles. The predicted molar refractivity (Wildman–Crippen MR) is 80.2 cm³/mol. The van der Waals surface area contributed by atoms with Crippen LogP contribution in [0.25, 0.3) is 0 Å². The Morgan fingerprint density at radius 2 is 1.62 bits per heavy atom. The first-order valence-electron chi connectivity index (χ1n) is 7.08. The normalized spacial score (nSPS) is 17.6. The van der Waals surface area contributed by atoms with Gasteiger partial charge in [-0.2, -0.15) is 0 Å². The standard InChI is InChI=1S/C15H21F3N2.ClH/c1-10(2)7-15(20-5-3-19-4-6-20)11-8-13(17)14(18)9-12(11)16;/h8-10,15,19H,3-7H2,1-2H3;1H/t15-;/m0./s1. The topological polar surface area (TPSA) is 15.3 Å². The largest absolute Gasteiger partial charge is 0.314 e. The van der Waals surface area contributed by atoms with Crippen LogP contribution in [0, 0.1) is 23.4 Å². The maximum Gasteiger partial charge on any atom is 0.161 e. The van der Waals surface area contributed by atoms with Crippen molar-refractivity contribution in [1.29, 1.82) is 0 Å². The van der Waals surface area contributed by atoms with Gasteiger partial charge in [0.05, 0.1) is 0 Å². The molecule has 1 N–H and O–H groups in total. The molecule has 1 atom stereocenters. The van der Waals surface area contributed by atoms with Gasteiger partial charge in [0.25, 0.3) is 0 Å². The lowest BCUT2D eigenvalue weighted by atomic mass is 9.94. The van der Waals surface area contributed by atoms with E-state index in [4.69, 9.17) is 0 Å². The molecule has 2 nitrogen and oxygen atoms in total. The zero-order chi connectivity index (χ0) is 14.7. The molecule has 0 bridgehead atoms. The fourth-order valence-corrected chi connectivity index (χ4v) is 2.71. The Balaban J connectivity index is 0.00000220. The number of hydrogen-bond acceptors (Lipinski definition) is 2. The zero-order valence-electron chi connectivity index (χ0n) is 12.3. The van der Waals surface area contributed by atoms with Crippen LogP contribution in [0.2, 0.25) is 0 Å². The summed E-state index contributed by atoms with van der Waals surface area (Å²) < 4.78 is 40.6. The molecule has 0 saturated carbocycles. The van der Waals surface area contributed by atoms with E-state index in [-0.39, 0.29) is 24.0 Å². The first-order chi connectivity index (χ1) is 9.49. The number of nitrogens with one attached hydrogen (secondary N) is 1. The highest BCUT2D eigenvalue weighted by Gasteiger charge is 2.26. The molecule has 0 radical (unpaired) electrons. The van der Waals surface area contributed by atoms with Gasteiger partial charge in [0, 0.05) is 43.9 Å². The average Bonchev–Trinajstić information content (AvgIpc) is 2.41. The van der Waals surface area contributed by atoms with Gasteiger partial charge in [-0.05, 0) is 18.4 Å².